The molecule has 0 bridgehead atoms. The molecule has 0 unspecified atom stereocenters. The summed E-state index contributed by atoms with van der Waals surface area (Å²) >= 11 is 4.47. The molecule has 1 rings (SSSR count). The lowest BCUT2D eigenvalue weighted by Crippen LogP contribution is -2.35. The highest BCUT2D eigenvalue weighted by Crippen LogP contribution is 2.06. The van der Waals surface area contributed by atoms with Gasteiger partial charge in [-0.05, 0) is 23.8 Å². The van der Waals surface area contributed by atoms with Crippen molar-refractivity contribution in [2.24, 2.45) is 5.73 Å². The van der Waals surface area contributed by atoms with E-state index in [-0.39, 0.29) is 14.4 Å². The zero-order chi connectivity index (χ0) is 10.6. The number of benzene rings is 1. The summed E-state index contributed by atoms with van der Waals surface area (Å²) in [5.41, 5.74) is 5.41. The first kappa shape index (κ1) is 10.6. The second-order valence-corrected chi connectivity index (χ2v) is 3.12. The average molecular weight is 216 g/mol. The third kappa shape index (κ3) is 3.10. The molecule has 0 heterocycles. The highest BCUT2D eigenvalue weighted by Gasteiger charge is 2.07. The van der Waals surface area contributed by atoms with Crippen molar-refractivity contribution in [3.8, 4) is 0 Å². The topological polar surface area (TPSA) is 55.1 Å². The fourth-order valence-corrected chi connectivity index (χ4v) is 1.11. The van der Waals surface area contributed by atoms with Gasteiger partial charge in [-0.2, -0.15) is 0 Å². The summed E-state index contributed by atoms with van der Waals surface area (Å²) in [4.78, 5) is 11.1. The quantitative estimate of drug-likeness (QED) is 0.731. The van der Waals surface area contributed by atoms with Crippen LogP contribution in [0.2, 0.25) is 0 Å². The van der Waals surface area contributed by atoms with E-state index in [1.165, 1.54) is 12.1 Å². The van der Waals surface area contributed by atoms with Crippen molar-refractivity contribution in [2.75, 3.05) is 0 Å². The van der Waals surface area contributed by atoms with Gasteiger partial charge >= 0.3 is 0 Å². The Morgan fingerprint density at radius 3 is 2.79 bits per heavy atom. The van der Waals surface area contributed by atoms with Crippen LogP contribution in [0.25, 0.3) is 0 Å². The van der Waals surface area contributed by atoms with E-state index in [2.05, 4.69) is 17.5 Å². The Kier molecular flexibility index (Phi) is 3.53. The van der Waals surface area contributed by atoms with Crippen molar-refractivity contribution in [3.05, 3.63) is 35.6 Å². The van der Waals surface area contributed by atoms with Gasteiger partial charge in [0.05, 0.1) is 6.42 Å². The first-order valence-electron chi connectivity index (χ1n) is 3.92. The van der Waals surface area contributed by atoms with Crippen LogP contribution in [0.4, 0.5) is 4.39 Å². The van der Waals surface area contributed by atoms with Gasteiger partial charge in [0, 0.05) is 2.85 Å². The Bertz CT molecular complexity index is 376. The molecule has 3 N–H and O–H groups in total. The van der Waals surface area contributed by atoms with Crippen LogP contribution in [0.15, 0.2) is 24.3 Å². The summed E-state index contributed by atoms with van der Waals surface area (Å²) in [6, 6.07) is 6.05. The molecule has 0 aliphatic carbocycles. The molecule has 0 aromatic heterocycles. The van der Waals surface area contributed by atoms with Gasteiger partial charge in [0.1, 0.15) is 5.82 Å². The molecule has 0 aliphatic heterocycles. The number of halogens is 1. The van der Waals surface area contributed by atoms with Crippen LogP contribution in [0.1, 0.15) is 8.42 Å². The highest BCUT2D eigenvalue weighted by molar-refractivity contribution is 7.80. The molecule has 0 radical (unpaired) electrons. The number of nitrogens with two attached hydrogens (primary N) is 1. The molecule has 1 amide bonds. The van der Waals surface area contributed by atoms with E-state index in [1.54, 1.807) is 12.1 Å². The molecule has 1 aromatic rings. The van der Waals surface area contributed by atoms with Crippen molar-refractivity contribution < 1.29 is 12.0 Å². The molecule has 1 aromatic carbocycles. The van der Waals surface area contributed by atoms with Crippen LogP contribution in [0, 0.1) is 5.82 Å². The number of thiocarbonyl (C=S) groups is 1. The van der Waals surface area contributed by atoms with E-state index in [0.717, 1.165) is 0 Å². The van der Waals surface area contributed by atoms with E-state index in [4.69, 9.17) is 5.73 Å². The van der Waals surface area contributed by atoms with E-state index in [9.17, 15) is 9.18 Å². The fourth-order valence-electron chi connectivity index (χ4n) is 0.996. The molecule has 0 saturated carbocycles. The van der Waals surface area contributed by atoms with Gasteiger partial charge in [-0.15, -0.1) is 0 Å². The molecule has 0 fully saturated rings. The minimum absolute atomic E-state index is 0. The van der Waals surface area contributed by atoms with Gasteiger partial charge in [-0.3, -0.25) is 4.79 Å². The lowest BCUT2D eigenvalue weighted by molar-refractivity contribution is -0.119. The first-order valence-corrected chi connectivity index (χ1v) is 4.33. The zero-order valence-corrected chi connectivity index (χ0v) is 8.10. The van der Waals surface area contributed by atoms with Crippen LogP contribution in [0.3, 0.4) is 0 Å². The summed E-state index contributed by atoms with van der Waals surface area (Å²) in [7, 11) is 0. The van der Waals surface area contributed by atoms with Gasteiger partial charge < -0.3 is 11.1 Å². The van der Waals surface area contributed by atoms with Crippen LogP contribution in [-0.2, 0) is 11.2 Å². The molecule has 78 valence electrons. The maximum Gasteiger partial charge on any atom is 0.230 e. The van der Waals surface area contributed by atoms with Gasteiger partial charge in [0.25, 0.3) is 0 Å². The van der Waals surface area contributed by atoms with Crippen LogP contribution >= 0.6 is 12.2 Å². The molecule has 5 heteroatoms. The third-order valence-corrected chi connectivity index (χ3v) is 1.67. The van der Waals surface area contributed by atoms with Crippen molar-refractivity contribution in [1.29, 1.82) is 0 Å². The van der Waals surface area contributed by atoms with E-state index >= 15 is 0 Å². The average Bonchev–Trinajstić information content (AvgIpc) is 2.07. The summed E-state index contributed by atoms with van der Waals surface area (Å²) in [5.74, 6) is -0.826. The summed E-state index contributed by atoms with van der Waals surface area (Å²) in [6.07, 6.45) is -0.0655. The number of carbonyl (C=O) groups is 1. The normalized spacial score (nSPS) is 9.50. The molecular formula is C9H13FN2OS. The summed E-state index contributed by atoms with van der Waals surface area (Å²) in [5, 5.41) is 2.12. The SMILES string of the molecule is NC(=S)NC(=O)Cc1ccccc1F.[HH].[HH]. The van der Waals surface area contributed by atoms with Crippen molar-refractivity contribution >= 4 is 23.2 Å². The summed E-state index contributed by atoms with van der Waals surface area (Å²) < 4.78 is 13.0. The zero-order valence-electron chi connectivity index (χ0n) is 7.29. The predicted molar refractivity (Wildman–Crippen MR) is 59.3 cm³/mol. The van der Waals surface area contributed by atoms with Crippen molar-refractivity contribution in [3.63, 3.8) is 0 Å². The van der Waals surface area contributed by atoms with Crippen LogP contribution in [0.5, 0.6) is 0 Å². The number of rotatable bonds is 2. The largest absolute Gasteiger partial charge is 0.376 e. The smallest absolute Gasteiger partial charge is 0.230 e. The van der Waals surface area contributed by atoms with Gasteiger partial charge in [0.15, 0.2) is 5.11 Å². The number of hydrogen-bond donors (Lipinski definition) is 2. The Morgan fingerprint density at radius 2 is 2.21 bits per heavy atom. The molecule has 14 heavy (non-hydrogen) atoms. The molecule has 0 saturated heterocycles. The van der Waals surface area contributed by atoms with Crippen molar-refractivity contribution in [2.45, 2.75) is 6.42 Å². The molecule has 0 spiro atoms. The Hall–Kier alpha value is -1.49. The molecular weight excluding hydrogens is 203 g/mol. The molecule has 0 aliphatic rings. The Morgan fingerprint density at radius 1 is 1.57 bits per heavy atom. The first-order chi connectivity index (χ1) is 6.59. The van der Waals surface area contributed by atoms with E-state index in [0.29, 0.717) is 5.56 Å². The van der Waals surface area contributed by atoms with Crippen molar-refractivity contribution in [1.82, 2.24) is 5.32 Å². The third-order valence-electron chi connectivity index (χ3n) is 1.57. The van der Waals surface area contributed by atoms with Gasteiger partial charge in [0.2, 0.25) is 5.91 Å². The highest BCUT2D eigenvalue weighted by atomic mass is 32.1. The minimum Gasteiger partial charge on any atom is -0.376 e. The minimum atomic E-state index is -0.414. The molecule has 3 nitrogen and oxygen atoms in total. The lowest BCUT2D eigenvalue weighted by Gasteiger charge is -2.03. The number of hydrogen-bond acceptors (Lipinski definition) is 2. The van der Waals surface area contributed by atoms with Crippen LogP contribution < -0.4 is 11.1 Å². The monoisotopic (exact) mass is 216 g/mol. The number of carbonyl (C=O) groups excluding carboxylic acids is 1. The Balaban J connectivity index is 0. The summed E-state index contributed by atoms with van der Waals surface area (Å²) in [6.45, 7) is 0. The van der Waals surface area contributed by atoms with Gasteiger partial charge in [-0.1, -0.05) is 18.2 Å². The maximum atomic E-state index is 13.0. The van der Waals surface area contributed by atoms with E-state index < -0.39 is 11.7 Å². The number of amides is 1. The fraction of sp³-hybridized carbons (Fsp3) is 0.111. The second-order valence-electron chi connectivity index (χ2n) is 2.68. The molecule has 0 atom stereocenters. The standard InChI is InChI=1S/C9H9FN2OS.2H2/c10-7-4-2-1-3-6(7)5-8(13)12-9(11)14;;/h1-4H,5H2,(H3,11,12,13,14);2*1H. The van der Waals surface area contributed by atoms with Crippen LogP contribution in [-0.4, -0.2) is 11.0 Å². The maximum absolute atomic E-state index is 13.0. The number of nitrogens with one attached hydrogen (secondary N) is 1. The van der Waals surface area contributed by atoms with E-state index in [1.807, 2.05) is 0 Å². The predicted octanol–water partition coefficient (Wildman–Crippen LogP) is 1.22. The second kappa shape index (κ2) is 4.66. The Labute approximate surface area is 89.1 Å². The lowest BCUT2D eigenvalue weighted by atomic mass is 10.1. The van der Waals surface area contributed by atoms with Gasteiger partial charge in [-0.25, -0.2) is 4.39 Å².